The first-order valence-electron chi connectivity index (χ1n) is 7.74. The Morgan fingerprint density at radius 1 is 1.42 bits per heavy atom. The zero-order chi connectivity index (χ0) is 19.3. The molecule has 1 amide bonds. The van der Waals surface area contributed by atoms with Gasteiger partial charge < -0.3 is 0 Å². The van der Waals surface area contributed by atoms with Crippen LogP contribution >= 0.6 is 34.7 Å². The Morgan fingerprint density at radius 3 is 2.77 bits per heavy atom. The third-order valence-corrected chi connectivity index (χ3v) is 6.87. The predicted octanol–water partition coefficient (Wildman–Crippen LogP) is 3.49. The number of anilines is 2. The fourth-order valence-corrected chi connectivity index (χ4v) is 5.17. The summed E-state index contributed by atoms with van der Waals surface area (Å²) in [5, 5.41) is 11.3. The van der Waals surface area contributed by atoms with Gasteiger partial charge in [-0.15, -0.1) is 10.2 Å². The first-order valence-corrected chi connectivity index (χ1v) is 11.8. The predicted molar refractivity (Wildman–Crippen MR) is 108 cm³/mol. The molecule has 0 aliphatic heterocycles. The number of nitrogens with zero attached hydrogens (tertiary/aromatic N) is 3. The summed E-state index contributed by atoms with van der Waals surface area (Å²) in [6, 6.07) is 5.35. The average molecular weight is 435 g/mol. The smallest absolute Gasteiger partial charge is 0.249 e. The number of rotatable bonds is 8. The van der Waals surface area contributed by atoms with Gasteiger partial charge in [-0.2, -0.15) is 0 Å². The lowest BCUT2D eigenvalue weighted by molar-refractivity contribution is -0.116. The quantitative estimate of drug-likeness (QED) is 0.505. The minimum absolute atomic E-state index is 0.319. The number of hydrogen-bond donors (Lipinski definition) is 1. The van der Waals surface area contributed by atoms with E-state index >= 15 is 0 Å². The second kappa shape index (κ2) is 9.03. The highest BCUT2D eigenvalue weighted by Gasteiger charge is 2.29. The van der Waals surface area contributed by atoms with Gasteiger partial charge in [-0.1, -0.05) is 47.7 Å². The van der Waals surface area contributed by atoms with Gasteiger partial charge in [-0.05, 0) is 31.5 Å². The Morgan fingerprint density at radius 2 is 2.15 bits per heavy atom. The number of amides is 1. The molecule has 1 heterocycles. The van der Waals surface area contributed by atoms with Gasteiger partial charge in [0.1, 0.15) is 6.04 Å². The van der Waals surface area contributed by atoms with Crippen LogP contribution in [0.2, 0.25) is 5.02 Å². The van der Waals surface area contributed by atoms with E-state index in [4.69, 9.17) is 11.6 Å². The van der Waals surface area contributed by atoms with E-state index in [1.165, 1.54) is 24.3 Å². The van der Waals surface area contributed by atoms with E-state index in [2.05, 4.69) is 22.4 Å². The van der Waals surface area contributed by atoms with Crippen molar-refractivity contribution in [1.29, 1.82) is 0 Å². The summed E-state index contributed by atoms with van der Waals surface area (Å²) < 4.78 is 26.3. The third-order valence-electron chi connectivity index (χ3n) is 3.22. The molecule has 0 radical (unpaired) electrons. The molecule has 2 rings (SSSR count). The molecule has 7 nitrogen and oxygen atoms in total. The van der Waals surface area contributed by atoms with Crippen molar-refractivity contribution in [1.82, 2.24) is 10.2 Å². The highest BCUT2D eigenvalue weighted by molar-refractivity contribution is 8.01. The molecular formula is C15H19ClN4O3S3. The van der Waals surface area contributed by atoms with Crippen LogP contribution in [0.5, 0.6) is 0 Å². The maximum atomic E-state index is 12.6. The van der Waals surface area contributed by atoms with Gasteiger partial charge in [0.05, 0.1) is 11.9 Å². The minimum Gasteiger partial charge on any atom is -0.299 e. The summed E-state index contributed by atoms with van der Waals surface area (Å²) >= 11 is 8.77. The van der Waals surface area contributed by atoms with E-state index in [1.54, 1.807) is 30.0 Å². The van der Waals surface area contributed by atoms with Crippen molar-refractivity contribution in [2.45, 2.75) is 30.6 Å². The summed E-state index contributed by atoms with van der Waals surface area (Å²) in [4.78, 5) is 12.6. The molecule has 0 saturated heterocycles. The van der Waals surface area contributed by atoms with Gasteiger partial charge in [-0.3, -0.25) is 14.4 Å². The van der Waals surface area contributed by atoms with E-state index in [0.717, 1.165) is 27.1 Å². The molecule has 0 unspecified atom stereocenters. The summed E-state index contributed by atoms with van der Waals surface area (Å²) in [6.07, 6.45) is 2.05. The van der Waals surface area contributed by atoms with Crippen LogP contribution in [0, 0.1) is 0 Å². The molecule has 0 saturated carbocycles. The summed E-state index contributed by atoms with van der Waals surface area (Å²) in [7, 11) is -3.70. The topological polar surface area (TPSA) is 92.3 Å². The lowest BCUT2D eigenvalue weighted by atomic mass is 10.2. The lowest BCUT2D eigenvalue weighted by Gasteiger charge is -2.27. The van der Waals surface area contributed by atoms with Gasteiger partial charge in [0.2, 0.25) is 21.1 Å². The number of nitrogens with one attached hydrogen (secondary N) is 1. The standard InChI is InChI=1S/C15H19ClN4O3S3/c1-4-8-24-15-19-18-14(25-15)17-13(21)10(2)20(26(3,22)23)12-7-5-6-11(16)9-12/h5-7,9-10H,4,8H2,1-3H3,(H,17,18,21)/t10-/m0/s1. The SMILES string of the molecule is CCCSc1nnc(NC(=O)[C@H](C)N(c2cccc(Cl)c2)S(C)(=O)=O)s1. The largest absolute Gasteiger partial charge is 0.299 e. The van der Waals surface area contributed by atoms with Crippen molar-refractivity contribution in [2.24, 2.45) is 0 Å². The molecular weight excluding hydrogens is 416 g/mol. The second-order valence-electron chi connectivity index (χ2n) is 5.43. The van der Waals surface area contributed by atoms with Crippen LogP contribution in [0.15, 0.2) is 28.6 Å². The molecule has 1 aromatic carbocycles. The Labute approximate surface area is 166 Å². The molecule has 0 aliphatic carbocycles. The number of hydrogen-bond acceptors (Lipinski definition) is 7. The van der Waals surface area contributed by atoms with Gasteiger partial charge in [0.25, 0.3) is 0 Å². The summed E-state index contributed by atoms with van der Waals surface area (Å²) in [5.74, 6) is 0.411. The van der Waals surface area contributed by atoms with Gasteiger partial charge in [0.15, 0.2) is 4.34 Å². The Kier molecular flexibility index (Phi) is 7.27. The van der Waals surface area contributed by atoms with Gasteiger partial charge >= 0.3 is 0 Å². The molecule has 0 fully saturated rings. The van der Waals surface area contributed by atoms with Crippen LogP contribution in [-0.4, -0.2) is 42.6 Å². The minimum atomic E-state index is -3.70. The number of sulfonamides is 1. The van der Waals surface area contributed by atoms with E-state index < -0.39 is 22.0 Å². The van der Waals surface area contributed by atoms with Crippen LogP contribution in [0.25, 0.3) is 0 Å². The zero-order valence-electron chi connectivity index (χ0n) is 14.5. The molecule has 0 aliphatic rings. The van der Waals surface area contributed by atoms with Crippen LogP contribution in [-0.2, 0) is 14.8 Å². The molecule has 1 atom stereocenters. The maximum Gasteiger partial charge on any atom is 0.249 e. The van der Waals surface area contributed by atoms with Crippen molar-refractivity contribution in [3.8, 4) is 0 Å². The van der Waals surface area contributed by atoms with E-state index in [1.807, 2.05) is 0 Å². The molecule has 26 heavy (non-hydrogen) atoms. The number of benzene rings is 1. The fraction of sp³-hybridized carbons (Fsp3) is 0.400. The third kappa shape index (κ3) is 5.57. The lowest BCUT2D eigenvalue weighted by Crippen LogP contribution is -2.45. The summed E-state index contributed by atoms with van der Waals surface area (Å²) in [5.41, 5.74) is 0.319. The van der Waals surface area contributed by atoms with Crippen molar-refractivity contribution >= 4 is 61.4 Å². The Hall–Kier alpha value is -1.36. The molecule has 142 valence electrons. The fourth-order valence-electron chi connectivity index (χ4n) is 2.14. The Balaban J connectivity index is 2.19. The number of carbonyl (C=O) groups is 1. The molecule has 0 spiro atoms. The van der Waals surface area contributed by atoms with E-state index in [0.29, 0.717) is 15.8 Å². The molecule has 1 N–H and O–H groups in total. The van der Waals surface area contributed by atoms with Crippen molar-refractivity contribution < 1.29 is 13.2 Å². The molecule has 11 heteroatoms. The van der Waals surface area contributed by atoms with Crippen molar-refractivity contribution in [3.05, 3.63) is 29.3 Å². The van der Waals surface area contributed by atoms with Crippen LogP contribution in [0.1, 0.15) is 20.3 Å². The molecule has 2 aromatic rings. The molecule has 0 bridgehead atoms. The Bertz CT molecular complexity index is 873. The second-order valence-corrected chi connectivity index (χ2v) is 10.0. The van der Waals surface area contributed by atoms with Crippen LogP contribution in [0.4, 0.5) is 10.8 Å². The van der Waals surface area contributed by atoms with Gasteiger partial charge in [0, 0.05) is 10.8 Å². The maximum absolute atomic E-state index is 12.6. The normalized spacial score (nSPS) is 12.6. The number of carbonyl (C=O) groups excluding carboxylic acids is 1. The average Bonchev–Trinajstić information content (AvgIpc) is 2.99. The summed E-state index contributed by atoms with van der Waals surface area (Å²) in [6.45, 7) is 3.57. The number of aromatic nitrogens is 2. The van der Waals surface area contributed by atoms with Crippen molar-refractivity contribution in [2.75, 3.05) is 21.6 Å². The monoisotopic (exact) mass is 434 g/mol. The van der Waals surface area contributed by atoms with E-state index in [-0.39, 0.29) is 0 Å². The van der Waals surface area contributed by atoms with Gasteiger partial charge in [-0.25, -0.2) is 8.42 Å². The first kappa shape index (κ1) is 20.9. The van der Waals surface area contributed by atoms with E-state index in [9.17, 15) is 13.2 Å². The van der Waals surface area contributed by atoms with Crippen LogP contribution in [0.3, 0.4) is 0 Å². The van der Waals surface area contributed by atoms with Crippen molar-refractivity contribution in [3.63, 3.8) is 0 Å². The first-order chi connectivity index (χ1) is 12.2. The zero-order valence-corrected chi connectivity index (χ0v) is 17.7. The highest BCUT2D eigenvalue weighted by Crippen LogP contribution is 2.27. The molecule has 1 aromatic heterocycles. The number of halogens is 1. The van der Waals surface area contributed by atoms with Crippen LogP contribution < -0.4 is 9.62 Å². The highest BCUT2D eigenvalue weighted by atomic mass is 35.5. The number of thioether (sulfide) groups is 1.